The monoisotopic (exact) mass is 441 g/mol. The van der Waals surface area contributed by atoms with E-state index in [0.29, 0.717) is 30.0 Å². The van der Waals surface area contributed by atoms with Crippen LogP contribution in [0.4, 0.5) is 17.6 Å². The molecule has 29 heavy (non-hydrogen) atoms. The van der Waals surface area contributed by atoms with E-state index in [4.69, 9.17) is 10.5 Å². The Labute approximate surface area is 172 Å². The van der Waals surface area contributed by atoms with Gasteiger partial charge in [-0.1, -0.05) is 18.2 Å². The van der Waals surface area contributed by atoms with Gasteiger partial charge in [-0.2, -0.15) is 17.6 Å². The molecule has 0 saturated carbocycles. The average Bonchev–Trinajstić information content (AvgIpc) is 2.87. The van der Waals surface area contributed by atoms with Gasteiger partial charge in [0.25, 0.3) is 5.91 Å². The van der Waals surface area contributed by atoms with Gasteiger partial charge in [0.1, 0.15) is 5.75 Å². The van der Waals surface area contributed by atoms with Gasteiger partial charge in [-0.05, 0) is 31.4 Å². The molecule has 1 saturated heterocycles. The maximum atomic E-state index is 13.2. The molecule has 1 unspecified atom stereocenters. The fourth-order valence-electron chi connectivity index (χ4n) is 2.71. The van der Waals surface area contributed by atoms with Gasteiger partial charge in [-0.3, -0.25) is 9.59 Å². The number of carbonyl (C=O) groups is 2. The summed E-state index contributed by atoms with van der Waals surface area (Å²) in [5, 5.41) is 2.63. The SMILES string of the molecule is Cl.NC(CCCCNC(=O)COc1ccccc1)C(=O)N1CC(F)(F)C(F)(F)C1. The summed E-state index contributed by atoms with van der Waals surface area (Å²) in [5.74, 6) is -9.15. The smallest absolute Gasteiger partial charge is 0.329 e. The lowest BCUT2D eigenvalue weighted by Crippen LogP contribution is -2.43. The van der Waals surface area contributed by atoms with E-state index in [9.17, 15) is 27.2 Å². The number of para-hydroxylation sites is 1. The first-order valence-corrected chi connectivity index (χ1v) is 8.87. The molecule has 6 nitrogen and oxygen atoms in total. The number of hydrogen-bond donors (Lipinski definition) is 2. The summed E-state index contributed by atoms with van der Waals surface area (Å²) in [4.78, 5) is 24.0. The van der Waals surface area contributed by atoms with Crippen molar-refractivity contribution in [2.45, 2.75) is 37.1 Å². The van der Waals surface area contributed by atoms with E-state index in [-0.39, 0.29) is 31.3 Å². The van der Waals surface area contributed by atoms with Crippen molar-refractivity contribution in [2.24, 2.45) is 5.73 Å². The second kappa shape index (κ2) is 10.6. The Morgan fingerprint density at radius 2 is 1.69 bits per heavy atom. The lowest BCUT2D eigenvalue weighted by atomic mass is 10.1. The molecule has 1 fully saturated rings. The lowest BCUT2D eigenvalue weighted by molar-refractivity contribution is -0.172. The van der Waals surface area contributed by atoms with Crippen LogP contribution in [-0.2, 0) is 9.59 Å². The van der Waals surface area contributed by atoms with Crippen LogP contribution in [0.5, 0.6) is 5.75 Å². The third kappa shape index (κ3) is 7.04. The highest BCUT2D eigenvalue weighted by Crippen LogP contribution is 2.41. The average molecular weight is 442 g/mol. The number of amides is 2. The van der Waals surface area contributed by atoms with Gasteiger partial charge in [0.2, 0.25) is 5.91 Å². The molecular formula is C18H24ClF4N3O3. The van der Waals surface area contributed by atoms with Crippen LogP contribution in [0.25, 0.3) is 0 Å². The number of hydrogen-bond acceptors (Lipinski definition) is 4. The Balaban J connectivity index is 0.00000420. The zero-order valence-corrected chi connectivity index (χ0v) is 16.4. The molecule has 164 valence electrons. The number of ether oxygens (including phenoxy) is 1. The summed E-state index contributed by atoms with van der Waals surface area (Å²) in [6.07, 6.45) is 1.06. The van der Waals surface area contributed by atoms with Crippen molar-refractivity contribution in [3.8, 4) is 5.75 Å². The molecule has 2 amide bonds. The Kier molecular flexibility index (Phi) is 9.15. The molecule has 11 heteroatoms. The molecule has 0 aromatic heterocycles. The third-order valence-electron chi connectivity index (χ3n) is 4.32. The highest BCUT2D eigenvalue weighted by molar-refractivity contribution is 5.85. The van der Waals surface area contributed by atoms with Crippen LogP contribution in [0.1, 0.15) is 19.3 Å². The molecule has 1 aromatic rings. The molecule has 1 atom stereocenters. The van der Waals surface area contributed by atoms with Crippen LogP contribution in [0.3, 0.4) is 0 Å². The first-order chi connectivity index (χ1) is 13.1. The standard InChI is InChI=1S/C18H23F4N3O3.ClH/c19-17(20)11-25(12-18(17,21)22)16(27)14(23)8-4-5-9-24-15(26)10-28-13-6-2-1-3-7-13;/h1-3,6-7,14H,4-5,8-12,23H2,(H,24,26);1H. The summed E-state index contributed by atoms with van der Waals surface area (Å²) >= 11 is 0. The fourth-order valence-corrected chi connectivity index (χ4v) is 2.71. The Bertz CT molecular complexity index is 664. The number of halogens is 5. The predicted molar refractivity (Wildman–Crippen MR) is 100 cm³/mol. The van der Waals surface area contributed by atoms with Crippen molar-refractivity contribution in [2.75, 3.05) is 26.2 Å². The van der Waals surface area contributed by atoms with Gasteiger partial charge in [0.05, 0.1) is 19.1 Å². The lowest BCUT2D eigenvalue weighted by Gasteiger charge is -2.19. The predicted octanol–water partition coefficient (Wildman–Crippen LogP) is 2.21. The molecule has 2 rings (SSSR count). The van der Waals surface area contributed by atoms with E-state index in [1.165, 1.54) is 0 Å². The fraction of sp³-hybridized carbons (Fsp3) is 0.556. The second-order valence-corrected chi connectivity index (χ2v) is 6.66. The highest BCUT2D eigenvalue weighted by atomic mass is 35.5. The number of nitrogens with two attached hydrogens (primary N) is 1. The molecule has 3 N–H and O–H groups in total. The number of carbonyl (C=O) groups excluding carboxylic acids is 2. The Hall–Kier alpha value is -2.07. The molecular weight excluding hydrogens is 418 g/mol. The van der Waals surface area contributed by atoms with E-state index in [0.717, 1.165) is 0 Å². The van der Waals surface area contributed by atoms with Crippen molar-refractivity contribution in [1.82, 2.24) is 10.2 Å². The van der Waals surface area contributed by atoms with E-state index < -0.39 is 36.9 Å². The topological polar surface area (TPSA) is 84.7 Å². The second-order valence-electron chi connectivity index (χ2n) is 6.66. The maximum Gasteiger partial charge on any atom is 0.329 e. The number of rotatable bonds is 9. The molecule has 0 spiro atoms. The van der Waals surface area contributed by atoms with Gasteiger partial charge in [-0.15, -0.1) is 12.4 Å². The number of nitrogens with zero attached hydrogens (tertiary/aromatic N) is 1. The minimum absolute atomic E-state index is 0. The van der Waals surface area contributed by atoms with Crippen LogP contribution >= 0.6 is 12.4 Å². The molecule has 1 aliphatic rings. The van der Waals surface area contributed by atoms with E-state index in [2.05, 4.69) is 5.32 Å². The maximum absolute atomic E-state index is 13.2. The molecule has 0 bridgehead atoms. The van der Waals surface area contributed by atoms with Gasteiger partial charge >= 0.3 is 11.8 Å². The summed E-state index contributed by atoms with van der Waals surface area (Å²) < 4.78 is 57.9. The molecule has 0 radical (unpaired) electrons. The number of alkyl halides is 4. The zero-order valence-electron chi connectivity index (χ0n) is 15.6. The molecule has 1 aromatic carbocycles. The van der Waals surface area contributed by atoms with Crippen LogP contribution in [0, 0.1) is 0 Å². The number of likely N-dealkylation sites (tertiary alicyclic amines) is 1. The summed E-state index contributed by atoms with van der Waals surface area (Å²) in [7, 11) is 0. The van der Waals surface area contributed by atoms with E-state index in [1.807, 2.05) is 6.07 Å². The summed E-state index contributed by atoms with van der Waals surface area (Å²) in [6.45, 7) is -2.48. The quantitative estimate of drug-likeness (QED) is 0.454. The van der Waals surface area contributed by atoms with Crippen molar-refractivity contribution in [1.29, 1.82) is 0 Å². The zero-order chi connectivity index (χ0) is 20.8. The van der Waals surface area contributed by atoms with E-state index >= 15 is 0 Å². The first kappa shape index (κ1) is 25.0. The number of nitrogens with one attached hydrogen (secondary N) is 1. The van der Waals surface area contributed by atoms with Crippen LogP contribution in [0.15, 0.2) is 30.3 Å². The Morgan fingerprint density at radius 1 is 1.10 bits per heavy atom. The largest absolute Gasteiger partial charge is 0.484 e. The molecule has 0 aliphatic carbocycles. The normalized spacial score (nSPS) is 17.9. The molecule has 1 aliphatic heterocycles. The van der Waals surface area contributed by atoms with Gasteiger partial charge in [-0.25, -0.2) is 0 Å². The van der Waals surface area contributed by atoms with Crippen molar-refractivity contribution < 1.29 is 31.9 Å². The van der Waals surface area contributed by atoms with Crippen molar-refractivity contribution >= 4 is 24.2 Å². The molecule has 1 heterocycles. The summed E-state index contributed by atoms with van der Waals surface area (Å²) in [5.41, 5.74) is 5.64. The van der Waals surface area contributed by atoms with Crippen molar-refractivity contribution in [3.05, 3.63) is 30.3 Å². The number of unbranched alkanes of at least 4 members (excludes halogenated alkanes) is 1. The van der Waals surface area contributed by atoms with Crippen LogP contribution in [0.2, 0.25) is 0 Å². The van der Waals surface area contributed by atoms with Gasteiger partial charge in [0, 0.05) is 6.54 Å². The minimum Gasteiger partial charge on any atom is -0.484 e. The van der Waals surface area contributed by atoms with Crippen LogP contribution in [-0.4, -0.2) is 60.8 Å². The van der Waals surface area contributed by atoms with E-state index in [1.54, 1.807) is 24.3 Å². The highest BCUT2D eigenvalue weighted by Gasteiger charge is 2.64. The van der Waals surface area contributed by atoms with Gasteiger partial charge in [0.15, 0.2) is 6.61 Å². The van der Waals surface area contributed by atoms with Gasteiger partial charge < -0.3 is 20.7 Å². The number of benzene rings is 1. The minimum atomic E-state index is -4.24. The summed E-state index contributed by atoms with van der Waals surface area (Å²) in [6, 6.07) is 7.69. The van der Waals surface area contributed by atoms with Crippen LogP contribution < -0.4 is 15.8 Å². The first-order valence-electron chi connectivity index (χ1n) is 8.87. The Morgan fingerprint density at radius 3 is 2.28 bits per heavy atom. The third-order valence-corrected chi connectivity index (χ3v) is 4.32. The van der Waals surface area contributed by atoms with Crippen molar-refractivity contribution in [3.63, 3.8) is 0 Å².